The monoisotopic (exact) mass is 186 g/mol. The quantitative estimate of drug-likeness (QED) is 0.672. The van der Waals surface area contributed by atoms with Gasteiger partial charge in [-0.3, -0.25) is 0 Å². The highest BCUT2D eigenvalue weighted by Crippen LogP contribution is 2.26. The van der Waals surface area contributed by atoms with Crippen molar-refractivity contribution in [2.24, 2.45) is 11.7 Å². The largest absolute Gasteiger partial charge is 0.444 e. The van der Waals surface area contributed by atoms with E-state index in [4.69, 9.17) is 10.5 Å². The normalized spacial score (nSPS) is 26.8. The van der Waals surface area contributed by atoms with Gasteiger partial charge in [0.05, 0.1) is 0 Å². The number of nitrogens with one attached hydrogen (secondary N) is 1. The number of nitrogens with two attached hydrogens (primary N) is 1. The van der Waals surface area contributed by atoms with E-state index in [-0.39, 0.29) is 12.1 Å². The third-order valence-electron chi connectivity index (χ3n) is 1.88. The van der Waals surface area contributed by atoms with Crippen LogP contribution < -0.4 is 11.1 Å². The standard InChI is InChI=1S/C9H18N2O2/c1-9(2,3)13-8(12)11-5-6-4-7(6)10/h6-7H,4-5,10H2,1-3H3,(H,11,12)/t6-,7+/m1/s1. The molecule has 4 nitrogen and oxygen atoms in total. The first-order valence-electron chi connectivity index (χ1n) is 4.61. The Kier molecular flexibility index (Phi) is 2.81. The molecule has 3 N–H and O–H groups in total. The highest BCUT2D eigenvalue weighted by Gasteiger charge is 2.33. The lowest BCUT2D eigenvalue weighted by Crippen LogP contribution is -2.34. The van der Waals surface area contributed by atoms with Crippen LogP contribution in [0.1, 0.15) is 27.2 Å². The van der Waals surface area contributed by atoms with Crippen molar-refractivity contribution < 1.29 is 9.53 Å². The molecule has 76 valence electrons. The fraction of sp³-hybridized carbons (Fsp3) is 0.889. The van der Waals surface area contributed by atoms with Crippen molar-refractivity contribution in [3.05, 3.63) is 0 Å². The summed E-state index contributed by atoms with van der Waals surface area (Å²) in [6.07, 6.45) is 0.655. The Hall–Kier alpha value is -0.770. The van der Waals surface area contributed by atoms with E-state index in [9.17, 15) is 4.79 Å². The van der Waals surface area contributed by atoms with Crippen molar-refractivity contribution in [1.29, 1.82) is 0 Å². The maximum atomic E-state index is 11.1. The SMILES string of the molecule is CC(C)(C)OC(=O)NC[C@H]1C[C@@H]1N. The van der Waals surface area contributed by atoms with E-state index in [0.717, 1.165) is 6.42 Å². The lowest BCUT2D eigenvalue weighted by molar-refractivity contribution is 0.0525. The fourth-order valence-electron chi connectivity index (χ4n) is 1.03. The Morgan fingerprint density at radius 1 is 1.62 bits per heavy atom. The second-order valence-corrected chi connectivity index (χ2v) is 4.54. The van der Waals surface area contributed by atoms with Gasteiger partial charge in [0.1, 0.15) is 5.60 Å². The molecule has 1 aliphatic carbocycles. The minimum absolute atomic E-state index is 0.273. The summed E-state index contributed by atoms with van der Waals surface area (Å²) in [7, 11) is 0. The molecule has 0 aromatic carbocycles. The van der Waals surface area contributed by atoms with Crippen molar-refractivity contribution in [2.75, 3.05) is 6.54 Å². The zero-order valence-corrected chi connectivity index (χ0v) is 8.46. The van der Waals surface area contributed by atoms with Crippen molar-refractivity contribution in [2.45, 2.75) is 38.8 Å². The van der Waals surface area contributed by atoms with Gasteiger partial charge in [0.2, 0.25) is 0 Å². The van der Waals surface area contributed by atoms with Crippen LogP contribution in [0.3, 0.4) is 0 Å². The molecule has 1 aliphatic rings. The van der Waals surface area contributed by atoms with Crippen molar-refractivity contribution >= 4 is 6.09 Å². The van der Waals surface area contributed by atoms with Gasteiger partial charge in [-0.1, -0.05) is 0 Å². The van der Waals surface area contributed by atoms with Crippen molar-refractivity contribution in [3.8, 4) is 0 Å². The number of hydrogen-bond donors (Lipinski definition) is 2. The summed E-state index contributed by atoms with van der Waals surface area (Å²) in [4.78, 5) is 11.1. The van der Waals surface area contributed by atoms with Crippen LogP contribution in [0.25, 0.3) is 0 Å². The van der Waals surface area contributed by atoms with Crippen LogP contribution in [-0.2, 0) is 4.74 Å². The molecule has 13 heavy (non-hydrogen) atoms. The molecule has 2 atom stereocenters. The lowest BCUT2D eigenvalue weighted by atomic mass is 10.2. The number of hydrogen-bond acceptors (Lipinski definition) is 3. The van der Waals surface area contributed by atoms with Crippen LogP contribution in [0.4, 0.5) is 4.79 Å². The predicted octanol–water partition coefficient (Wildman–Crippen LogP) is 0.858. The second kappa shape index (κ2) is 3.54. The van der Waals surface area contributed by atoms with E-state index in [1.807, 2.05) is 20.8 Å². The number of amides is 1. The molecule has 0 aromatic rings. The molecule has 0 bridgehead atoms. The van der Waals surface area contributed by atoms with E-state index in [2.05, 4.69) is 5.32 Å². The topological polar surface area (TPSA) is 64.3 Å². The van der Waals surface area contributed by atoms with Crippen molar-refractivity contribution in [1.82, 2.24) is 5.32 Å². The lowest BCUT2D eigenvalue weighted by Gasteiger charge is -2.19. The highest BCUT2D eigenvalue weighted by atomic mass is 16.6. The molecule has 0 spiro atoms. The third kappa shape index (κ3) is 4.12. The molecule has 1 rings (SSSR count). The Morgan fingerprint density at radius 2 is 2.15 bits per heavy atom. The number of alkyl carbamates (subject to hydrolysis) is 1. The van der Waals surface area contributed by atoms with Crippen LogP contribution in [-0.4, -0.2) is 24.3 Å². The zero-order chi connectivity index (χ0) is 10.1. The van der Waals surface area contributed by atoms with Gasteiger partial charge in [-0.2, -0.15) is 0 Å². The summed E-state index contributed by atoms with van der Waals surface area (Å²) in [5.41, 5.74) is 5.17. The maximum absolute atomic E-state index is 11.1. The molecule has 0 aliphatic heterocycles. The summed E-state index contributed by atoms with van der Waals surface area (Å²) >= 11 is 0. The molecule has 1 fully saturated rings. The molecule has 1 saturated carbocycles. The van der Waals surface area contributed by atoms with Crippen LogP contribution in [0.2, 0.25) is 0 Å². The third-order valence-corrected chi connectivity index (χ3v) is 1.88. The van der Waals surface area contributed by atoms with Crippen LogP contribution in [0.15, 0.2) is 0 Å². The van der Waals surface area contributed by atoms with Crippen molar-refractivity contribution in [3.63, 3.8) is 0 Å². The number of rotatable bonds is 2. The number of ether oxygens (including phenoxy) is 1. The van der Waals surface area contributed by atoms with Gasteiger partial charge in [0.25, 0.3) is 0 Å². The van der Waals surface area contributed by atoms with Gasteiger partial charge >= 0.3 is 6.09 Å². The predicted molar refractivity (Wildman–Crippen MR) is 50.3 cm³/mol. The fourth-order valence-corrected chi connectivity index (χ4v) is 1.03. The highest BCUT2D eigenvalue weighted by molar-refractivity contribution is 5.67. The Bertz CT molecular complexity index is 198. The first kappa shape index (κ1) is 10.3. The molecule has 0 radical (unpaired) electrons. The van der Waals surface area contributed by atoms with Gasteiger partial charge in [-0.25, -0.2) is 4.79 Å². The summed E-state index contributed by atoms with van der Waals surface area (Å²) in [5, 5.41) is 2.69. The van der Waals surface area contributed by atoms with Gasteiger partial charge in [-0.15, -0.1) is 0 Å². The van der Waals surface area contributed by atoms with Gasteiger partial charge in [-0.05, 0) is 33.1 Å². The van der Waals surface area contributed by atoms with E-state index in [0.29, 0.717) is 12.5 Å². The summed E-state index contributed by atoms with van der Waals surface area (Å²) in [6, 6.07) is 0.273. The summed E-state index contributed by atoms with van der Waals surface area (Å²) in [5.74, 6) is 0.451. The first-order chi connectivity index (χ1) is 5.88. The summed E-state index contributed by atoms with van der Waals surface area (Å²) < 4.78 is 5.06. The molecule has 0 heterocycles. The molecule has 0 aromatic heterocycles. The molecule has 4 heteroatoms. The van der Waals surface area contributed by atoms with E-state index < -0.39 is 5.60 Å². The Morgan fingerprint density at radius 3 is 2.54 bits per heavy atom. The summed E-state index contributed by atoms with van der Waals surface area (Å²) in [6.45, 7) is 6.16. The first-order valence-corrected chi connectivity index (χ1v) is 4.61. The van der Waals surface area contributed by atoms with Crippen LogP contribution in [0, 0.1) is 5.92 Å². The van der Waals surface area contributed by atoms with Crippen LogP contribution >= 0.6 is 0 Å². The average Bonchev–Trinajstić information content (AvgIpc) is 2.58. The number of carbonyl (C=O) groups excluding carboxylic acids is 1. The second-order valence-electron chi connectivity index (χ2n) is 4.54. The molecular formula is C9H18N2O2. The minimum Gasteiger partial charge on any atom is -0.444 e. The molecule has 0 unspecified atom stereocenters. The molecule has 0 saturated heterocycles. The Balaban J connectivity index is 2.11. The smallest absolute Gasteiger partial charge is 0.407 e. The van der Waals surface area contributed by atoms with E-state index in [1.165, 1.54) is 0 Å². The maximum Gasteiger partial charge on any atom is 0.407 e. The average molecular weight is 186 g/mol. The zero-order valence-electron chi connectivity index (χ0n) is 8.46. The minimum atomic E-state index is -0.421. The van der Waals surface area contributed by atoms with Crippen LogP contribution in [0.5, 0.6) is 0 Å². The van der Waals surface area contributed by atoms with Gasteiger partial charge in [0.15, 0.2) is 0 Å². The van der Waals surface area contributed by atoms with Gasteiger partial charge in [0, 0.05) is 12.6 Å². The van der Waals surface area contributed by atoms with E-state index >= 15 is 0 Å². The molecular weight excluding hydrogens is 168 g/mol. The van der Waals surface area contributed by atoms with E-state index in [1.54, 1.807) is 0 Å². The molecule has 1 amide bonds. The Labute approximate surface area is 78.8 Å². The van der Waals surface area contributed by atoms with Gasteiger partial charge < -0.3 is 15.8 Å². The number of carbonyl (C=O) groups is 1.